The van der Waals surface area contributed by atoms with Crippen LogP contribution in [0.25, 0.3) is 0 Å². The lowest BCUT2D eigenvalue weighted by Crippen LogP contribution is -2.53. The van der Waals surface area contributed by atoms with Gasteiger partial charge < -0.3 is 19.9 Å². The monoisotopic (exact) mass is 476 g/mol. The van der Waals surface area contributed by atoms with E-state index in [0.29, 0.717) is 67.1 Å². The predicted molar refractivity (Wildman–Crippen MR) is 123 cm³/mol. The summed E-state index contributed by atoms with van der Waals surface area (Å²) in [6.45, 7) is 5.19. The molecule has 0 spiro atoms. The molecule has 2 saturated heterocycles. The Morgan fingerprint density at radius 1 is 1.00 bits per heavy atom. The van der Waals surface area contributed by atoms with Gasteiger partial charge in [0.1, 0.15) is 0 Å². The molecule has 10 heteroatoms. The Labute approximate surface area is 195 Å². The molecule has 8 nitrogen and oxygen atoms in total. The summed E-state index contributed by atoms with van der Waals surface area (Å²) in [5.41, 5.74) is 0.846. The zero-order valence-corrected chi connectivity index (χ0v) is 19.2. The Bertz CT molecular complexity index is 970. The van der Waals surface area contributed by atoms with Gasteiger partial charge in [-0.05, 0) is 29.6 Å². The minimum absolute atomic E-state index is 0.0871. The largest absolute Gasteiger partial charge is 0.379 e. The summed E-state index contributed by atoms with van der Waals surface area (Å²) >= 11 is 7.56. The maximum Gasteiger partial charge on any atom is 0.265 e. The van der Waals surface area contributed by atoms with Crippen molar-refractivity contribution in [2.24, 2.45) is 0 Å². The molecule has 2 fully saturated rings. The van der Waals surface area contributed by atoms with Gasteiger partial charge in [0.2, 0.25) is 5.91 Å². The molecule has 2 aromatic rings. The van der Waals surface area contributed by atoms with E-state index in [0.717, 1.165) is 13.1 Å². The molecule has 3 heterocycles. The Morgan fingerprint density at radius 2 is 1.72 bits per heavy atom. The van der Waals surface area contributed by atoms with E-state index < -0.39 is 0 Å². The molecule has 4 rings (SSSR count). The number of hydrogen-bond acceptors (Lipinski definition) is 6. The molecule has 1 N–H and O–H groups in total. The molecule has 1 aromatic carbocycles. The van der Waals surface area contributed by atoms with Gasteiger partial charge in [-0.15, -0.1) is 11.3 Å². The maximum atomic E-state index is 13.0. The highest BCUT2D eigenvalue weighted by molar-refractivity contribution is 7.12. The fourth-order valence-corrected chi connectivity index (χ4v) is 4.52. The van der Waals surface area contributed by atoms with Gasteiger partial charge >= 0.3 is 0 Å². The first-order chi connectivity index (χ1) is 15.5. The molecule has 32 heavy (non-hydrogen) atoms. The zero-order chi connectivity index (χ0) is 22.5. The summed E-state index contributed by atoms with van der Waals surface area (Å²) in [4.78, 5) is 44.2. The van der Waals surface area contributed by atoms with Gasteiger partial charge in [0.15, 0.2) is 0 Å². The third kappa shape index (κ3) is 5.47. The Morgan fingerprint density at radius 3 is 2.41 bits per heavy atom. The van der Waals surface area contributed by atoms with Crippen molar-refractivity contribution in [3.63, 3.8) is 0 Å². The highest BCUT2D eigenvalue weighted by atomic mass is 35.5. The first-order valence-corrected chi connectivity index (χ1v) is 11.8. The van der Waals surface area contributed by atoms with Crippen molar-refractivity contribution in [3.05, 3.63) is 51.2 Å². The quantitative estimate of drug-likeness (QED) is 0.716. The molecule has 2 aliphatic heterocycles. The van der Waals surface area contributed by atoms with Crippen LogP contribution in [0, 0.1) is 0 Å². The standard InChI is InChI=1S/C22H25ClN4O4S/c23-17-4-3-16(14-18(17)24-21(29)19-2-1-13-32-19)22(30)27-7-5-26(6-8-27)20(28)15-25-9-11-31-12-10-25/h1-4,13-14H,5-12,15H2,(H,24,29). The van der Waals surface area contributed by atoms with Crippen molar-refractivity contribution in [2.75, 3.05) is 64.3 Å². The predicted octanol–water partition coefficient (Wildman–Crippen LogP) is 2.27. The topological polar surface area (TPSA) is 82.2 Å². The summed E-state index contributed by atoms with van der Waals surface area (Å²) < 4.78 is 5.32. The van der Waals surface area contributed by atoms with Gasteiger partial charge in [0, 0.05) is 44.8 Å². The number of benzene rings is 1. The third-order valence-corrected chi connectivity index (χ3v) is 6.79. The number of amides is 3. The highest BCUT2D eigenvalue weighted by Gasteiger charge is 2.26. The number of ether oxygens (including phenoxy) is 1. The van der Waals surface area contributed by atoms with Crippen LogP contribution in [0.4, 0.5) is 5.69 Å². The fraction of sp³-hybridized carbons (Fsp3) is 0.409. The van der Waals surface area contributed by atoms with E-state index in [1.807, 2.05) is 10.3 Å². The third-order valence-electron chi connectivity index (χ3n) is 5.59. The number of thiophene rings is 1. The average molecular weight is 477 g/mol. The molecular weight excluding hydrogens is 452 g/mol. The smallest absolute Gasteiger partial charge is 0.265 e. The Kier molecular flexibility index (Phi) is 7.41. The van der Waals surface area contributed by atoms with Crippen LogP contribution in [-0.4, -0.2) is 91.4 Å². The van der Waals surface area contributed by atoms with Crippen LogP contribution in [-0.2, 0) is 9.53 Å². The van der Waals surface area contributed by atoms with Gasteiger partial charge in [-0.25, -0.2) is 0 Å². The van der Waals surface area contributed by atoms with Crippen LogP contribution in [0.2, 0.25) is 5.02 Å². The number of nitrogens with one attached hydrogen (secondary N) is 1. The Balaban J connectivity index is 1.33. The first-order valence-electron chi connectivity index (χ1n) is 10.5. The van der Waals surface area contributed by atoms with Crippen LogP contribution < -0.4 is 5.32 Å². The highest BCUT2D eigenvalue weighted by Crippen LogP contribution is 2.25. The molecule has 0 radical (unpaired) electrons. The summed E-state index contributed by atoms with van der Waals surface area (Å²) in [5, 5.41) is 4.96. The number of carbonyl (C=O) groups is 3. The van der Waals surface area contributed by atoms with Gasteiger partial charge in [-0.2, -0.15) is 0 Å². The molecular formula is C22H25ClN4O4S. The Hall–Kier alpha value is -2.46. The van der Waals surface area contributed by atoms with E-state index in [9.17, 15) is 14.4 Å². The molecule has 3 amide bonds. The molecule has 0 atom stereocenters. The minimum atomic E-state index is -0.265. The van der Waals surface area contributed by atoms with Crippen molar-refractivity contribution >= 4 is 46.3 Å². The minimum Gasteiger partial charge on any atom is -0.379 e. The fourth-order valence-electron chi connectivity index (χ4n) is 3.74. The first kappa shape index (κ1) is 22.7. The number of morpholine rings is 1. The number of rotatable bonds is 5. The molecule has 2 aliphatic rings. The molecule has 0 unspecified atom stereocenters. The normalized spacial score (nSPS) is 17.3. The number of halogens is 1. The van der Waals surface area contributed by atoms with E-state index in [1.165, 1.54) is 11.3 Å². The second-order valence-corrected chi connectivity index (χ2v) is 9.04. The van der Waals surface area contributed by atoms with Gasteiger partial charge in [-0.3, -0.25) is 19.3 Å². The van der Waals surface area contributed by atoms with E-state index >= 15 is 0 Å². The van der Waals surface area contributed by atoms with E-state index in [4.69, 9.17) is 16.3 Å². The summed E-state index contributed by atoms with van der Waals surface area (Å²) in [6.07, 6.45) is 0. The van der Waals surface area contributed by atoms with Gasteiger partial charge in [-0.1, -0.05) is 17.7 Å². The number of carbonyl (C=O) groups excluding carboxylic acids is 3. The molecule has 0 aliphatic carbocycles. The zero-order valence-electron chi connectivity index (χ0n) is 17.6. The lowest BCUT2D eigenvalue weighted by Gasteiger charge is -2.36. The van der Waals surface area contributed by atoms with Crippen molar-refractivity contribution in [3.8, 4) is 0 Å². The van der Waals surface area contributed by atoms with Crippen LogP contribution >= 0.6 is 22.9 Å². The van der Waals surface area contributed by atoms with E-state index in [1.54, 1.807) is 35.2 Å². The summed E-state index contributed by atoms with van der Waals surface area (Å²) in [7, 11) is 0. The van der Waals surface area contributed by atoms with E-state index in [-0.39, 0.29) is 17.7 Å². The molecule has 1 aromatic heterocycles. The van der Waals surface area contributed by atoms with Crippen molar-refractivity contribution in [2.45, 2.75) is 0 Å². The van der Waals surface area contributed by atoms with Crippen LogP contribution in [0.5, 0.6) is 0 Å². The van der Waals surface area contributed by atoms with Crippen LogP contribution in [0.1, 0.15) is 20.0 Å². The molecule has 0 saturated carbocycles. The SMILES string of the molecule is O=C(Nc1cc(C(=O)N2CCN(C(=O)CN3CCOCC3)CC2)ccc1Cl)c1cccs1. The van der Waals surface area contributed by atoms with Gasteiger partial charge in [0.25, 0.3) is 11.8 Å². The van der Waals surface area contributed by atoms with Crippen molar-refractivity contribution in [1.82, 2.24) is 14.7 Å². The average Bonchev–Trinajstić information content (AvgIpc) is 3.36. The summed E-state index contributed by atoms with van der Waals surface area (Å²) in [5.74, 6) is -0.323. The second-order valence-electron chi connectivity index (χ2n) is 7.69. The van der Waals surface area contributed by atoms with Crippen LogP contribution in [0.3, 0.4) is 0 Å². The lowest BCUT2D eigenvalue weighted by molar-refractivity contribution is -0.134. The lowest BCUT2D eigenvalue weighted by atomic mass is 10.1. The molecule has 170 valence electrons. The van der Waals surface area contributed by atoms with Gasteiger partial charge in [0.05, 0.1) is 35.3 Å². The van der Waals surface area contributed by atoms with E-state index in [2.05, 4.69) is 10.2 Å². The second kappa shape index (κ2) is 10.4. The number of anilines is 1. The number of piperazine rings is 1. The summed E-state index contributed by atoms with van der Waals surface area (Å²) in [6, 6.07) is 8.39. The molecule has 0 bridgehead atoms. The number of hydrogen-bond donors (Lipinski definition) is 1. The van der Waals surface area contributed by atoms with Crippen LogP contribution in [0.15, 0.2) is 35.7 Å². The number of nitrogens with zero attached hydrogens (tertiary/aromatic N) is 3. The van der Waals surface area contributed by atoms with Crippen molar-refractivity contribution in [1.29, 1.82) is 0 Å². The van der Waals surface area contributed by atoms with Crippen molar-refractivity contribution < 1.29 is 19.1 Å². The maximum absolute atomic E-state index is 13.0.